The quantitative estimate of drug-likeness (QED) is 0.158. The highest BCUT2D eigenvalue weighted by atomic mass is 32.1. The predicted octanol–water partition coefficient (Wildman–Crippen LogP) is 18.7. The van der Waals surface area contributed by atoms with E-state index in [-0.39, 0.29) is 0 Å². The zero-order chi connectivity index (χ0) is 42.2. The van der Waals surface area contributed by atoms with Gasteiger partial charge in [-0.1, -0.05) is 140 Å². The predicted molar refractivity (Wildman–Crippen MR) is 279 cm³/mol. The van der Waals surface area contributed by atoms with Gasteiger partial charge in [0.15, 0.2) is 5.58 Å². The fraction of sp³-hybridized carbons (Fsp3) is 0.0159. The first kappa shape index (κ1) is 34.4. The van der Waals surface area contributed by atoms with Crippen molar-refractivity contribution in [2.24, 2.45) is 0 Å². The average molecular weight is 839 g/mol. The number of furan rings is 1. The molecular weight excluding hydrogens is 805 g/mol. The van der Waals surface area contributed by atoms with Gasteiger partial charge in [0, 0.05) is 31.8 Å². The summed E-state index contributed by atoms with van der Waals surface area (Å²) in [5.74, 6) is 0. The number of fused-ring (bicyclic) bond motifs is 18. The van der Waals surface area contributed by atoms with Crippen LogP contribution < -0.4 is 0 Å². The van der Waals surface area contributed by atoms with Crippen molar-refractivity contribution in [2.75, 3.05) is 0 Å². The second-order valence-corrected chi connectivity index (χ2v) is 19.3. The molecule has 0 fully saturated rings. The highest BCUT2D eigenvalue weighted by Crippen LogP contribution is 2.55. The molecule has 14 aromatic rings. The van der Waals surface area contributed by atoms with Gasteiger partial charge in [0.05, 0.1) is 4.70 Å². The van der Waals surface area contributed by atoms with Crippen LogP contribution in [0.15, 0.2) is 192 Å². The van der Waals surface area contributed by atoms with Crippen LogP contribution in [0.5, 0.6) is 0 Å². The van der Waals surface area contributed by atoms with E-state index in [1.54, 1.807) is 0 Å². The van der Waals surface area contributed by atoms with Crippen molar-refractivity contribution in [3.63, 3.8) is 0 Å². The number of hydrogen-bond donors (Lipinski definition) is 0. The number of rotatable bonds is 2. The molecule has 1 nitrogen and oxygen atoms in total. The summed E-state index contributed by atoms with van der Waals surface area (Å²) < 4.78 is 9.74. The molecule has 65 heavy (non-hydrogen) atoms. The van der Waals surface area contributed by atoms with Gasteiger partial charge in [-0.05, 0) is 176 Å². The molecule has 0 radical (unpaired) electrons. The normalized spacial score (nSPS) is 12.7. The maximum Gasteiger partial charge on any atom is 0.153 e. The van der Waals surface area contributed by atoms with Crippen LogP contribution >= 0.6 is 11.3 Å². The van der Waals surface area contributed by atoms with Crippen molar-refractivity contribution in [1.82, 2.24) is 0 Å². The van der Waals surface area contributed by atoms with Crippen molar-refractivity contribution < 1.29 is 4.42 Å². The Hall–Kier alpha value is -8.04. The molecule has 0 spiro atoms. The molecular formula is C63H34OS. The maximum absolute atomic E-state index is 7.25. The molecule has 0 atom stereocenters. The fourth-order valence-electron chi connectivity index (χ4n) is 12.2. The number of aryl methyl sites for hydroxylation is 1. The first-order valence-corrected chi connectivity index (χ1v) is 23.4. The van der Waals surface area contributed by atoms with Crippen LogP contribution in [0.4, 0.5) is 0 Å². The minimum Gasteiger partial charge on any atom is -0.454 e. The Balaban J connectivity index is 1.08. The van der Waals surface area contributed by atoms with E-state index in [0.29, 0.717) is 0 Å². The SMILES string of the molecule is Cc1ccccc1-c1cc2c3cc4c(cc3c(-c3cccc5c3oc3c5ccc5c6ccccc6sc53)cc2c2cc3c(cc12)-c1cccc2cccc-3c12)-c1cccc2cccc-4c12. The molecule has 2 heterocycles. The zero-order valence-corrected chi connectivity index (χ0v) is 36.0. The summed E-state index contributed by atoms with van der Waals surface area (Å²) >= 11 is 1.83. The minimum absolute atomic E-state index is 0.933. The van der Waals surface area contributed by atoms with Gasteiger partial charge in [0.2, 0.25) is 0 Å². The first-order valence-electron chi connectivity index (χ1n) is 22.6. The highest BCUT2D eigenvalue weighted by molar-refractivity contribution is 7.26. The molecule has 0 saturated carbocycles. The zero-order valence-electron chi connectivity index (χ0n) is 35.2. The lowest BCUT2D eigenvalue weighted by Gasteiger charge is -2.19. The number of benzene rings is 12. The largest absolute Gasteiger partial charge is 0.454 e. The van der Waals surface area contributed by atoms with Gasteiger partial charge < -0.3 is 4.42 Å². The lowest BCUT2D eigenvalue weighted by molar-refractivity contribution is 0.674. The molecule has 0 N–H and O–H groups in total. The number of para-hydroxylation sites is 1. The molecule has 16 rings (SSSR count). The topological polar surface area (TPSA) is 13.1 Å². The van der Waals surface area contributed by atoms with Gasteiger partial charge >= 0.3 is 0 Å². The van der Waals surface area contributed by atoms with Crippen molar-refractivity contribution in [3.8, 4) is 66.8 Å². The molecule has 0 amide bonds. The third-order valence-corrected chi connectivity index (χ3v) is 16.2. The molecule has 2 aliphatic rings. The summed E-state index contributed by atoms with van der Waals surface area (Å²) in [6.07, 6.45) is 0. The molecule has 0 bridgehead atoms. The van der Waals surface area contributed by atoms with Gasteiger partial charge in [0.1, 0.15) is 5.58 Å². The van der Waals surface area contributed by atoms with E-state index in [9.17, 15) is 0 Å². The van der Waals surface area contributed by atoms with Crippen LogP contribution in [-0.2, 0) is 0 Å². The van der Waals surface area contributed by atoms with E-state index in [0.717, 1.165) is 27.5 Å². The van der Waals surface area contributed by atoms with E-state index in [1.807, 2.05) is 11.3 Å². The second kappa shape index (κ2) is 12.1. The minimum atomic E-state index is 0.933. The smallest absolute Gasteiger partial charge is 0.153 e. The molecule has 0 saturated heterocycles. The Kier molecular flexibility index (Phi) is 6.44. The van der Waals surface area contributed by atoms with Gasteiger partial charge in [0.25, 0.3) is 0 Å². The first-order chi connectivity index (χ1) is 32.1. The number of thiophene rings is 1. The third-order valence-electron chi connectivity index (χ3n) is 15.0. The number of hydrogen-bond acceptors (Lipinski definition) is 2. The fourth-order valence-corrected chi connectivity index (χ4v) is 13.4. The van der Waals surface area contributed by atoms with E-state index in [1.165, 1.54) is 141 Å². The van der Waals surface area contributed by atoms with E-state index in [4.69, 9.17) is 4.42 Å². The van der Waals surface area contributed by atoms with E-state index in [2.05, 4.69) is 195 Å². The van der Waals surface area contributed by atoms with Crippen LogP contribution in [0.2, 0.25) is 0 Å². The van der Waals surface area contributed by atoms with Crippen molar-refractivity contribution in [3.05, 3.63) is 194 Å². The monoisotopic (exact) mass is 838 g/mol. The van der Waals surface area contributed by atoms with Crippen molar-refractivity contribution in [2.45, 2.75) is 6.92 Å². The standard InChI is InChI=1S/C63H34OS/c1-33-11-2-3-16-36(33)46-27-54-56-31-50-41-21-9-15-35-13-7-19-39(60(35)41)48(50)29-53(56)51(32-57(54)55-30-49-40-20-8-14-34-12-6-18-38(59(34)40)47(49)28-52(46)55)43-23-10-22-42-44-25-26-45-37-17-4-5-24-58(37)65-63(45)62(44)64-61(42)43/h2-32H,1H3. The molecule has 2 aromatic heterocycles. The van der Waals surface area contributed by atoms with Crippen LogP contribution in [0.1, 0.15) is 5.56 Å². The Bertz CT molecular complexity index is 4530. The van der Waals surface area contributed by atoms with Crippen LogP contribution in [-0.4, -0.2) is 0 Å². The van der Waals surface area contributed by atoms with E-state index < -0.39 is 0 Å². The van der Waals surface area contributed by atoms with Crippen molar-refractivity contribution in [1.29, 1.82) is 0 Å². The lowest BCUT2D eigenvalue weighted by atomic mass is 9.84. The Morgan fingerprint density at radius 1 is 0.292 bits per heavy atom. The maximum atomic E-state index is 7.25. The summed E-state index contributed by atoms with van der Waals surface area (Å²) in [5.41, 5.74) is 18.4. The molecule has 0 aliphatic heterocycles. The van der Waals surface area contributed by atoms with Crippen LogP contribution in [0.3, 0.4) is 0 Å². The van der Waals surface area contributed by atoms with Gasteiger partial charge in [-0.25, -0.2) is 0 Å². The lowest BCUT2D eigenvalue weighted by Crippen LogP contribution is -1.92. The van der Waals surface area contributed by atoms with E-state index >= 15 is 0 Å². The van der Waals surface area contributed by atoms with Gasteiger partial charge in [-0.3, -0.25) is 0 Å². The van der Waals surface area contributed by atoms with Crippen LogP contribution in [0.25, 0.3) is 163 Å². The molecule has 298 valence electrons. The second-order valence-electron chi connectivity index (χ2n) is 18.3. The summed E-state index contributed by atoms with van der Waals surface area (Å²) in [5, 5.41) is 17.6. The molecule has 0 unspecified atom stereocenters. The Labute approximate surface area is 377 Å². The summed E-state index contributed by atoms with van der Waals surface area (Å²) in [6.45, 7) is 2.25. The Morgan fingerprint density at radius 3 is 1.34 bits per heavy atom. The molecule has 2 aliphatic carbocycles. The van der Waals surface area contributed by atoms with Gasteiger partial charge in [-0.2, -0.15) is 0 Å². The summed E-state index contributed by atoms with van der Waals surface area (Å²) in [6, 6.07) is 71.1. The Morgan fingerprint density at radius 2 is 0.723 bits per heavy atom. The summed E-state index contributed by atoms with van der Waals surface area (Å²) in [7, 11) is 0. The highest BCUT2D eigenvalue weighted by Gasteiger charge is 2.28. The summed E-state index contributed by atoms with van der Waals surface area (Å²) in [4.78, 5) is 0. The molecule has 12 aromatic carbocycles. The van der Waals surface area contributed by atoms with Crippen molar-refractivity contribution >= 4 is 107 Å². The average Bonchev–Trinajstić information content (AvgIpc) is 4.10. The molecule has 2 heteroatoms. The van der Waals surface area contributed by atoms with Crippen LogP contribution in [0, 0.1) is 6.92 Å². The third kappa shape index (κ3) is 4.38. The van der Waals surface area contributed by atoms with Gasteiger partial charge in [-0.15, -0.1) is 11.3 Å².